The van der Waals surface area contributed by atoms with Crippen LogP contribution in [-0.4, -0.2) is 11.1 Å². The smallest absolute Gasteiger partial charge is 0.303 e. The van der Waals surface area contributed by atoms with Gasteiger partial charge in [0.2, 0.25) is 0 Å². The van der Waals surface area contributed by atoms with Crippen LogP contribution in [0.5, 0.6) is 0 Å². The van der Waals surface area contributed by atoms with Gasteiger partial charge in [0.25, 0.3) is 0 Å². The normalized spacial score (nSPS) is 10.7. The van der Waals surface area contributed by atoms with Gasteiger partial charge in [-0.1, -0.05) is 139 Å². The Balaban J connectivity index is 0. The number of nitrogens with two attached hydrogens (primary N) is 1. The molecule has 3 aromatic carbocycles. The second-order valence-electron chi connectivity index (χ2n) is 6.62. The van der Waals surface area contributed by atoms with Gasteiger partial charge in [0, 0.05) is 6.04 Å². The molecule has 33 heavy (non-hydrogen) atoms. The summed E-state index contributed by atoms with van der Waals surface area (Å²) in [5.74, 6) is -0.643. The summed E-state index contributed by atoms with van der Waals surface area (Å²) >= 11 is 0. The Bertz CT molecular complexity index is 789. The molecule has 0 radical (unpaired) electrons. The molecule has 2 unspecified atom stereocenters. The van der Waals surface area contributed by atoms with Crippen LogP contribution in [0.2, 0.25) is 0 Å². The summed E-state index contributed by atoms with van der Waals surface area (Å²) < 4.78 is 0. The van der Waals surface area contributed by atoms with Crippen LogP contribution in [-0.2, 0) is 11.2 Å². The van der Waals surface area contributed by atoms with Gasteiger partial charge in [-0.3, -0.25) is 4.79 Å². The second kappa shape index (κ2) is 22.3. The topological polar surface area (TPSA) is 63.3 Å². The molecule has 0 aliphatic rings. The molecule has 3 aromatic rings. The van der Waals surface area contributed by atoms with E-state index in [1.54, 1.807) is 0 Å². The Hall–Kier alpha value is -2.91. The van der Waals surface area contributed by atoms with Crippen LogP contribution in [0.1, 0.15) is 83.5 Å². The molecule has 0 bridgehead atoms. The number of carboxylic acid groups (broad SMARTS) is 1. The van der Waals surface area contributed by atoms with Gasteiger partial charge in [0.05, 0.1) is 6.42 Å². The fraction of sp³-hybridized carbons (Fsp3) is 0.367. The Morgan fingerprint density at radius 1 is 0.697 bits per heavy atom. The summed E-state index contributed by atoms with van der Waals surface area (Å²) in [6, 6.07) is 30.3. The number of carbonyl (C=O) groups is 1. The molecule has 0 spiro atoms. The lowest BCUT2D eigenvalue weighted by molar-refractivity contribution is -0.137. The zero-order valence-corrected chi connectivity index (χ0v) is 21.7. The van der Waals surface area contributed by atoms with Crippen molar-refractivity contribution in [1.82, 2.24) is 0 Å². The van der Waals surface area contributed by atoms with E-state index < -0.39 is 5.97 Å². The maximum absolute atomic E-state index is 10.4. The molecular weight excluding hydrogens is 406 g/mol. The molecule has 0 amide bonds. The third-order valence-electron chi connectivity index (χ3n) is 4.38. The van der Waals surface area contributed by atoms with Crippen LogP contribution in [0.15, 0.2) is 91.0 Å². The molecule has 3 heteroatoms. The van der Waals surface area contributed by atoms with Crippen molar-refractivity contribution in [3.8, 4) is 0 Å². The van der Waals surface area contributed by atoms with Crippen LogP contribution in [0.25, 0.3) is 0 Å². The van der Waals surface area contributed by atoms with E-state index in [4.69, 9.17) is 10.8 Å². The zero-order chi connectivity index (χ0) is 25.5. The Morgan fingerprint density at radius 2 is 1.06 bits per heavy atom. The molecule has 2 atom stereocenters. The third-order valence-corrected chi connectivity index (χ3v) is 4.38. The maximum Gasteiger partial charge on any atom is 0.303 e. The highest BCUT2D eigenvalue weighted by atomic mass is 16.4. The quantitative estimate of drug-likeness (QED) is 0.396. The van der Waals surface area contributed by atoms with Gasteiger partial charge >= 0.3 is 5.97 Å². The van der Waals surface area contributed by atoms with Crippen molar-refractivity contribution in [2.24, 2.45) is 5.73 Å². The highest BCUT2D eigenvalue weighted by Crippen LogP contribution is 2.17. The maximum atomic E-state index is 10.4. The van der Waals surface area contributed by atoms with E-state index in [1.165, 1.54) is 11.1 Å². The minimum absolute atomic E-state index is 0.0913. The zero-order valence-electron chi connectivity index (χ0n) is 21.7. The van der Waals surface area contributed by atoms with E-state index in [0.29, 0.717) is 0 Å². The molecule has 0 fully saturated rings. The molecule has 0 saturated carbocycles. The van der Waals surface area contributed by atoms with Crippen molar-refractivity contribution in [3.05, 3.63) is 108 Å². The van der Waals surface area contributed by atoms with Crippen molar-refractivity contribution in [2.75, 3.05) is 0 Å². The molecule has 0 aliphatic heterocycles. The lowest BCUT2D eigenvalue weighted by atomic mass is 9.98. The van der Waals surface area contributed by atoms with Gasteiger partial charge in [0.1, 0.15) is 0 Å². The fourth-order valence-corrected chi connectivity index (χ4v) is 2.85. The van der Waals surface area contributed by atoms with Gasteiger partial charge in [0.15, 0.2) is 0 Å². The minimum atomic E-state index is -0.744. The van der Waals surface area contributed by atoms with E-state index in [0.717, 1.165) is 12.0 Å². The largest absolute Gasteiger partial charge is 0.481 e. The first-order valence-electron chi connectivity index (χ1n) is 12.2. The molecule has 3 rings (SSSR count). The fourth-order valence-electron chi connectivity index (χ4n) is 2.85. The lowest BCUT2D eigenvalue weighted by Crippen LogP contribution is -2.12. The molecule has 182 valence electrons. The molecule has 3 nitrogen and oxygen atoms in total. The van der Waals surface area contributed by atoms with Crippen LogP contribution >= 0.6 is 0 Å². The van der Waals surface area contributed by atoms with Crippen LogP contribution in [0.4, 0.5) is 0 Å². The SMILES string of the molecule is CC.CC.CC.CC(CC(=O)O)c1ccccc1.NC(Cc1ccccc1)c1ccccc1. The van der Waals surface area contributed by atoms with Crippen molar-refractivity contribution >= 4 is 5.97 Å². The van der Waals surface area contributed by atoms with Crippen molar-refractivity contribution in [3.63, 3.8) is 0 Å². The summed E-state index contributed by atoms with van der Waals surface area (Å²) in [6.45, 7) is 13.9. The number of benzene rings is 3. The predicted molar refractivity (Wildman–Crippen MR) is 145 cm³/mol. The highest BCUT2D eigenvalue weighted by molar-refractivity contribution is 5.67. The standard InChI is InChI=1S/C14H15N.C10H12O2.3C2H6/c15-14(13-9-5-2-6-10-13)11-12-7-3-1-4-8-12;1-8(7-10(11)12)9-5-3-2-4-6-9;3*1-2/h1-10,14H,11,15H2;2-6,8H,7H2,1H3,(H,11,12);3*1-2H3. The van der Waals surface area contributed by atoms with Gasteiger partial charge < -0.3 is 10.8 Å². The van der Waals surface area contributed by atoms with E-state index in [1.807, 2.05) is 115 Å². The number of rotatable bonds is 6. The number of carboxylic acids is 1. The number of aliphatic carboxylic acids is 1. The number of hydrogen-bond donors (Lipinski definition) is 2. The van der Waals surface area contributed by atoms with Gasteiger partial charge in [-0.15, -0.1) is 0 Å². The van der Waals surface area contributed by atoms with Gasteiger partial charge in [-0.25, -0.2) is 0 Å². The number of hydrogen-bond acceptors (Lipinski definition) is 2. The van der Waals surface area contributed by atoms with E-state index in [9.17, 15) is 4.79 Å². The predicted octanol–water partition coefficient (Wildman–Crippen LogP) is 8.27. The molecule has 3 N–H and O–H groups in total. The minimum Gasteiger partial charge on any atom is -0.481 e. The Kier molecular flexibility index (Phi) is 21.8. The first-order valence-corrected chi connectivity index (χ1v) is 12.2. The molecule has 0 aliphatic carbocycles. The van der Waals surface area contributed by atoms with Crippen LogP contribution < -0.4 is 5.73 Å². The highest BCUT2D eigenvalue weighted by Gasteiger charge is 2.08. The van der Waals surface area contributed by atoms with Gasteiger partial charge in [-0.05, 0) is 29.0 Å². The third kappa shape index (κ3) is 15.5. The van der Waals surface area contributed by atoms with Crippen LogP contribution in [0, 0.1) is 0 Å². The molecule has 0 heterocycles. The lowest BCUT2D eigenvalue weighted by Gasteiger charge is -2.11. The van der Waals surface area contributed by atoms with E-state index in [-0.39, 0.29) is 18.4 Å². The van der Waals surface area contributed by atoms with Crippen molar-refractivity contribution in [2.45, 2.75) is 73.3 Å². The summed E-state index contributed by atoms with van der Waals surface area (Å²) in [6.07, 6.45) is 1.09. The van der Waals surface area contributed by atoms with Crippen LogP contribution in [0.3, 0.4) is 0 Å². The molecular formula is C30H45NO2. The molecule has 0 aromatic heterocycles. The van der Waals surface area contributed by atoms with Gasteiger partial charge in [-0.2, -0.15) is 0 Å². The average Bonchev–Trinajstić information content (AvgIpc) is 2.89. The summed E-state index contributed by atoms with van der Waals surface area (Å²) in [5.41, 5.74) is 9.69. The van der Waals surface area contributed by atoms with Crippen molar-refractivity contribution in [1.29, 1.82) is 0 Å². The Labute approximate surface area is 202 Å². The second-order valence-corrected chi connectivity index (χ2v) is 6.62. The average molecular weight is 452 g/mol. The summed E-state index contributed by atoms with van der Waals surface area (Å²) in [7, 11) is 0. The first-order chi connectivity index (χ1) is 16.1. The van der Waals surface area contributed by atoms with E-state index >= 15 is 0 Å². The van der Waals surface area contributed by atoms with Crippen molar-refractivity contribution < 1.29 is 9.90 Å². The Morgan fingerprint density at radius 3 is 1.45 bits per heavy atom. The summed E-state index contributed by atoms with van der Waals surface area (Å²) in [4.78, 5) is 10.4. The summed E-state index contributed by atoms with van der Waals surface area (Å²) in [5, 5.41) is 8.55. The first kappa shape index (κ1) is 32.3. The molecule has 0 saturated heterocycles. The monoisotopic (exact) mass is 451 g/mol. The van der Waals surface area contributed by atoms with E-state index in [2.05, 4.69) is 24.3 Å².